The first-order chi connectivity index (χ1) is 25.0. The molecular formula is C40H65N5O8. The summed E-state index contributed by atoms with van der Waals surface area (Å²) in [6, 6.07) is 6.34. The van der Waals surface area contributed by atoms with Crippen LogP contribution in [0.15, 0.2) is 30.3 Å². The Morgan fingerprint density at radius 3 is 2.19 bits per heavy atom. The third-order valence-corrected chi connectivity index (χ3v) is 11.9. The lowest BCUT2D eigenvalue weighted by Crippen LogP contribution is -2.61. The zero-order chi connectivity index (χ0) is 39.6. The van der Waals surface area contributed by atoms with Crippen LogP contribution >= 0.6 is 0 Å². The molecule has 2 aliphatic rings. The molecule has 7 unspecified atom stereocenters. The number of hydrogen-bond donors (Lipinski definition) is 3. The van der Waals surface area contributed by atoms with Gasteiger partial charge in [-0.05, 0) is 63.6 Å². The Morgan fingerprint density at radius 1 is 1.00 bits per heavy atom. The molecule has 3 rings (SSSR count). The van der Waals surface area contributed by atoms with E-state index in [1.807, 2.05) is 76.9 Å². The quantitative estimate of drug-likeness (QED) is 0.193. The van der Waals surface area contributed by atoms with Gasteiger partial charge in [0.15, 0.2) is 0 Å². The van der Waals surface area contributed by atoms with E-state index in [9.17, 15) is 29.1 Å². The molecule has 0 spiro atoms. The monoisotopic (exact) mass is 743 g/mol. The van der Waals surface area contributed by atoms with Crippen molar-refractivity contribution in [2.75, 3.05) is 41.4 Å². The van der Waals surface area contributed by atoms with Gasteiger partial charge in [-0.15, -0.1) is 0 Å². The molecule has 1 aromatic carbocycles. The van der Waals surface area contributed by atoms with Crippen molar-refractivity contribution in [1.82, 2.24) is 25.3 Å². The lowest BCUT2D eigenvalue weighted by Gasteiger charge is -2.41. The first-order valence-electron chi connectivity index (χ1n) is 19.2. The normalized spacial score (nSPS) is 23.1. The van der Waals surface area contributed by atoms with Crippen LogP contribution in [0, 0.1) is 17.8 Å². The molecule has 2 fully saturated rings. The van der Waals surface area contributed by atoms with Gasteiger partial charge in [-0.3, -0.25) is 24.1 Å². The third-order valence-electron chi connectivity index (χ3n) is 11.9. The topological polar surface area (TPSA) is 158 Å². The Hall–Kier alpha value is -3.55. The van der Waals surface area contributed by atoms with E-state index in [-0.39, 0.29) is 42.4 Å². The van der Waals surface area contributed by atoms with Gasteiger partial charge in [0, 0.05) is 34.2 Å². The lowest BCUT2D eigenvalue weighted by molar-refractivity contribution is -0.148. The van der Waals surface area contributed by atoms with Gasteiger partial charge in [0.05, 0.1) is 42.2 Å². The van der Waals surface area contributed by atoms with E-state index in [0.717, 1.165) is 31.4 Å². The second kappa shape index (κ2) is 19.7. The Labute approximate surface area is 316 Å². The van der Waals surface area contributed by atoms with E-state index in [2.05, 4.69) is 10.6 Å². The highest BCUT2D eigenvalue weighted by Crippen LogP contribution is 2.31. The van der Waals surface area contributed by atoms with Gasteiger partial charge >= 0.3 is 5.97 Å². The molecule has 0 aliphatic carbocycles. The number of hydrogen-bond acceptors (Lipinski definition) is 8. The molecule has 2 heterocycles. The number of carbonyl (C=O) groups is 5. The van der Waals surface area contributed by atoms with E-state index in [1.165, 1.54) is 7.11 Å². The van der Waals surface area contributed by atoms with Gasteiger partial charge in [-0.2, -0.15) is 0 Å². The Kier molecular flexibility index (Phi) is 16.3. The molecule has 3 N–H and O–H groups in total. The molecule has 1 aromatic rings. The van der Waals surface area contributed by atoms with E-state index >= 15 is 0 Å². The first kappa shape index (κ1) is 43.9. The van der Waals surface area contributed by atoms with Crippen molar-refractivity contribution in [3.8, 4) is 0 Å². The fraction of sp³-hybridized carbons (Fsp3) is 0.725. The summed E-state index contributed by atoms with van der Waals surface area (Å²) in [6.07, 6.45) is 2.48. The number of likely N-dealkylation sites (N-methyl/N-ethyl adjacent to an activating group) is 2. The molecule has 0 bridgehead atoms. The van der Waals surface area contributed by atoms with Gasteiger partial charge in [0.1, 0.15) is 12.1 Å². The predicted octanol–water partition coefficient (Wildman–Crippen LogP) is 3.34. The van der Waals surface area contributed by atoms with Crippen LogP contribution in [0.1, 0.15) is 85.6 Å². The summed E-state index contributed by atoms with van der Waals surface area (Å²) in [5.41, 5.74) is 0.101. The van der Waals surface area contributed by atoms with Crippen LogP contribution in [0.3, 0.4) is 0 Å². The zero-order valence-electron chi connectivity index (χ0n) is 33.6. The van der Waals surface area contributed by atoms with Crippen LogP contribution in [0.2, 0.25) is 0 Å². The van der Waals surface area contributed by atoms with E-state index in [4.69, 9.17) is 9.47 Å². The highest BCUT2D eigenvalue weighted by Gasteiger charge is 2.45. The molecule has 2 saturated heterocycles. The number of carbonyl (C=O) groups excluding carboxylic acids is 4. The number of likely N-dealkylation sites (tertiary alicyclic amines) is 2. The van der Waals surface area contributed by atoms with E-state index in [0.29, 0.717) is 19.4 Å². The summed E-state index contributed by atoms with van der Waals surface area (Å²) in [5, 5.41) is 15.6. The number of benzene rings is 1. The standard InChI is InChI=1S/C40H65N5O8/c1-11-26(4)34(44(8)37(48)33(25(2)3)42-39(51)40(6)20-16-21-43(40)7)31(52-9)24-32(46)45-22-15-19-30(45)35(53-10)27(5)36(47)41-29(38(49)50)23-28-17-13-12-14-18-28/h12-14,17-18,25-27,29-31,33-35H,11,15-16,19-24H2,1-10H3,(H,41,47)(H,42,51)(H,49,50)/t26?,27?,29?,30-,31?,33?,34?,35?,40+/m0/s1. The number of methoxy groups -OCH3 is 2. The predicted molar refractivity (Wildman–Crippen MR) is 203 cm³/mol. The second-order valence-corrected chi connectivity index (χ2v) is 15.7. The first-order valence-corrected chi connectivity index (χ1v) is 19.2. The molecule has 4 amide bonds. The SMILES string of the molecule is CCC(C)C(C(CC(=O)N1CCC[C@H]1C(OC)C(C)C(=O)NC(Cc1ccccc1)C(=O)O)OC)N(C)C(=O)C(NC(=O)[C@@]1(C)CCCN1C)C(C)C. The number of nitrogens with zero attached hydrogens (tertiary/aromatic N) is 3. The third kappa shape index (κ3) is 10.6. The summed E-state index contributed by atoms with van der Waals surface area (Å²) in [6.45, 7) is 12.8. The van der Waals surface area contributed by atoms with Crippen molar-refractivity contribution in [2.45, 2.75) is 128 Å². The number of nitrogens with one attached hydrogen (secondary N) is 2. The summed E-state index contributed by atoms with van der Waals surface area (Å²) in [4.78, 5) is 73.0. The summed E-state index contributed by atoms with van der Waals surface area (Å²) in [5.74, 6) is -3.14. The van der Waals surface area contributed by atoms with Crippen LogP contribution in [0.4, 0.5) is 0 Å². The van der Waals surface area contributed by atoms with Gasteiger partial charge in [0.25, 0.3) is 0 Å². The zero-order valence-corrected chi connectivity index (χ0v) is 33.6. The number of carboxylic acid groups (broad SMARTS) is 1. The van der Waals surface area contributed by atoms with Gasteiger partial charge in [-0.25, -0.2) is 4.79 Å². The van der Waals surface area contributed by atoms with Crippen LogP contribution in [-0.2, 0) is 39.9 Å². The van der Waals surface area contributed by atoms with Gasteiger partial charge in [0.2, 0.25) is 23.6 Å². The highest BCUT2D eigenvalue weighted by atomic mass is 16.5. The number of ether oxygens (including phenoxy) is 2. The molecule has 2 aliphatic heterocycles. The minimum Gasteiger partial charge on any atom is -0.480 e. The molecule has 0 saturated carbocycles. The van der Waals surface area contributed by atoms with Crippen LogP contribution < -0.4 is 10.6 Å². The van der Waals surface area contributed by atoms with Crippen molar-refractivity contribution >= 4 is 29.6 Å². The Balaban J connectivity index is 1.77. The largest absolute Gasteiger partial charge is 0.480 e. The average Bonchev–Trinajstić information content (AvgIpc) is 3.76. The number of rotatable bonds is 19. The molecular weight excluding hydrogens is 678 g/mol. The summed E-state index contributed by atoms with van der Waals surface area (Å²) >= 11 is 0. The number of aliphatic carboxylic acids is 1. The van der Waals surface area contributed by atoms with Crippen molar-refractivity contribution in [1.29, 1.82) is 0 Å². The van der Waals surface area contributed by atoms with Crippen LogP contribution in [-0.4, -0.2) is 133 Å². The van der Waals surface area contributed by atoms with Crippen molar-refractivity contribution in [2.24, 2.45) is 17.8 Å². The maximum absolute atomic E-state index is 14.2. The molecule has 13 heteroatoms. The smallest absolute Gasteiger partial charge is 0.326 e. The van der Waals surface area contributed by atoms with Crippen molar-refractivity contribution in [3.05, 3.63) is 35.9 Å². The van der Waals surface area contributed by atoms with Crippen molar-refractivity contribution in [3.63, 3.8) is 0 Å². The average molecular weight is 744 g/mol. The fourth-order valence-electron chi connectivity index (χ4n) is 8.07. The minimum atomic E-state index is -1.14. The van der Waals surface area contributed by atoms with E-state index in [1.54, 1.807) is 30.9 Å². The summed E-state index contributed by atoms with van der Waals surface area (Å²) < 4.78 is 11.9. The Bertz CT molecular complexity index is 1390. The van der Waals surface area contributed by atoms with Gasteiger partial charge in [-0.1, -0.05) is 71.4 Å². The molecule has 9 atom stereocenters. The Morgan fingerprint density at radius 2 is 1.66 bits per heavy atom. The molecule has 13 nitrogen and oxygen atoms in total. The lowest BCUT2D eigenvalue weighted by atomic mass is 9.89. The molecule has 298 valence electrons. The highest BCUT2D eigenvalue weighted by molar-refractivity contribution is 5.92. The molecule has 0 aromatic heterocycles. The van der Waals surface area contributed by atoms with Gasteiger partial charge < -0.3 is 35.0 Å². The fourth-order valence-corrected chi connectivity index (χ4v) is 8.07. The van der Waals surface area contributed by atoms with Crippen LogP contribution in [0.25, 0.3) is 0 Å². The maximum Gasteiger partial charge on any atom is 0.326 e. The minimum absolute atomic E-state index is 0.00360. The number of amides is 4. The van der Waals surface area contributed by atoms with Crippen molar-refractivity contribution < 1.29 is 38.6 Å². The number of carboxylic acids is 1. The maximum atomic E-state index is 14.2. The van der Waals surface area contributed by atoms with Crippen LogP contribution in [0.5, 0.6) is 0 Å². The summed E-state index contributed by atoms with van der Waals surface area (Å²) in [7, 11) is 6.70. The van der Waals surface area contributed by atoms with E-state index < -0.39 is 59.7 Å². The molecule has 0 radical (unpaired) electrons. The molecule has 53 heavy (non-hydrogen) atoms. The second-order valence-electron chi connectivity index (χ2n) is 15.7.